The van der Waals surface area contributed by atoms with Crippen LogP contribution in [0.3, 0.4) is 0 Å². The van der Waals surface area contributed by atoms with Crippen molar-refractivity contribution in [1.82, 2.24) is 4.31 Å². The Morgan fingerprint density at radius 1 is 1.14 bits per heavy atom. The van der Waals surface area contributed by atoms with E-state index >= 15 is 0 Å². The normalized spacial score (nSPS) is 15.7. The molecule has 118 valence electrons. The maximum Gasteiger partial charge on any atom is 0.243 e. The molecule has 2 rings (SSSR count). The second kappa shape index (κ2) is 6.33. The van der Waals surface area contributed by atoms with E-state index in [0.29, 0.717) is 37.8 Å². The first-order valence-corrected chi connectivity index (χ1v) is 8.09. The van der Waals surface area contributed by atoms with Gasteiger partial charge in [0.05, 0.1) is 4.90 Å². The van der Waals surface area contributed by atoms with Gasteiger partial charge in [0.25, 0.3) is 0 Å². The van der Waals surface area contributed by atoms with Crippen LogP contribution < -0.4 is 0 Å². The third-order valence-corrected chi connectivity index (χ3v) is 5.23. The van der Waals surface area contributed by atoms with Crippen molar-refractivity contribution in [3.05, 3.63) is 29.6 Å². The third kappa shape index (κ3) is 3.56. The Hall–Kier alpha value is -1.12. The van der Waals surface area contributed by atoms with Gasteiger partial charge in [-0.15, -0.1) is 0 Å². The maximum atomic E-state index is 13.2. The molecular formula is C13H16F3NO3S. The van der Waals surface area contributed by atoms with Gasteiger partial charge in [0.1, 0.15) is 0 Å². The van der Waals surface area contributed by atoms with Crippen LogP contribution in [0.2, 0.25) is 0 Å². The third-order valence-electron chi connectivity index (χ3n) is 3.30. The second-order valence-electron chi connectivity index (χ2n) is 4.98. The molecule has 4 nitrogen and oxygen atoms in total. The number of nitrogens with zero attached hydrogens (tertiary/aromatic N) is 1. The smallest absolute Gasteiger partial charge is 0.243 e. The zero-order valence-corrected chi connectivity index (χ0v) is 12.0. The van der Waals surface area contributed by atoms with E-state index < -0.39 is 32.4 Å². The fourth-order valence-electron chi connectivity index (χ4n) is 2.06. The molecule has 21 heavy (non-hydrogen) atoms. The highest BCUT2D eigenvalue weighted by Gasteiger charge is 2.38. The Kier molecular flexibility index (Phi) is 4.90. The summed E-state index contributed by atoms with van der Waals surface area (Å²) < 4.78 is 65.4. The number of hydrogen-bond donors (Lipinski definition) is 1. The molecule has 0 aromatic heterocycles. The summed E-state index contributed by atoms with van der Waals surface area (Å²) >= 11 is 0. The van der Waals surface area contributed by atoms with Crippen LogP contribution in [0.15, 0.2) is 17.0 Å². The molecule has 0 bridgehead atoms. The van der Waals surface area contributed by atoms with Crippen molar-refractivity contribution < 1.29 is 26.7 Å². The number of sulfonamides is 1. The van der Waals surface area contributed by atoms with Crippen LogP contribution >= 0.6 is 0 Å². The molecule has 0 heterocycles. The van der Waals surface area contributed by atoms with Crippen LogP contribution in [0.25, 0.3) is 0 Å². The molecule has 0 aliphatic heterocycles. The topological polar surface area (TPSA) is 57.6 Å². The van der Waals surface area contributed by atoms with Crippen molar-refractivity contribution in [2.24, 2.45) is 0 Å². The molecule has 1 aliphatic rings. The van der Waals surface area contributed by atoms with Gasteiger partial charge in [-0.2, -0.15) is 4.31 Å². The van der Waals surface area contributed by atoms with Gasteiger partial charge in [-0.1, -0.05) is 0 Å². The van der Waals surface area contributed by atoms with Crippen LogP contribution in [-0.4, -0.2) is 37.0 Å². The molecule has 1 aliphatic carbocycles. The Bertz CT molecular complexity index is 594. The first kappa shape index (κ1) is 16.3. The van der Waals surface area contributed by atoms with E-state index in [-0.39, 0.29) is 19.2 Å². The van der Waals surface area contributed by atoms with E-state index in [2.05, 4.69) is 0 Å². The molecule has 1 fully saturated rings. The Morgan fingerprint density at radius 3 is 2.19 bits per heavy atom. The molecule has 1 saturated carbocycles. The Balaban J connectivity index is 2.30. The molecule has 0 unspecified atom stereocenters. The lowest BCUT2D eigenvalue weighted by Crippen LogP contribution is -2.34. The molecule has 8 heteroatoms. The monoisotopic (exact) mass is 323 g/mol. The van der Waals surface area contributed by atoms with Crippen LogP contribution in [-0.2, 0) is 10.0 Å². The Labute approximate surface area is 121 Å². The number of aliphatic hydroxyl groups excluding tert-OH is 1. The molecule has 0 radical (unpaired) electrons. The van der Waals surface area contributed by atoms with Crippen LogP contribution in [0.5, 0.6) is 0 Å². The summed E-state index contributed by atoms with van der Waals surface area (Å²) in [6, 6.07) is 0.800. The quantitative estimate of drug-likeness (QED) is 0.617. The predicted molar refractivity (Wildman–Crippen MR) is 69.5 cm³/mol. The SMILES string of the molecule is O=S(=O)(c1cc(F)c(F)c(F)c1)N(CCCCO)C1CC1. The van der Waals surface area contributed by atoms with Crippen molar-refractivity contribution in [3.63, 3.8) is 0 Å². The lowest BCUT2D eigenvalue weighted by atomic mass is 10.3. The van der Waals surface area contributed by atoms with Crippen LogP contribution in [0.1, 0.15) is 25.7 Å². The molecule has 1 N–H and O–H groups in total. The number of aliphatic hydroxyl groups is 1. The highest BCUT2D eigenvalue weighted by atomic mass is 32.2. The lowest BCUT2D eigenvalue weighted by Gasteiger charge is -2.22. The van der Waals surface area contributed by atoms with E-state index in [0.717, 1.165) is 0 Å². The number of hydrogen-bond acceptors (Lipinski definition) is 3. The van der Waals surface area contributed by atoms with Crippen molar-refractivity contribution in [2.45, 2.75) is 36.6 Å². The summed E-state index contributed by atoms with van der Waals surface area (Å²) in [6.45, 7) is 0.104. The lowest BCUT2D eigenvalue weighted by molar-refractivity contribution is 0.275. The van der Waals surface area contributed by atoms with Gasteiger partial charge in [0, 0.05) is 19.2 Å². The van der Waals surface area contributed by atoms with Crippen LogP contribution in [0.4, 0.5) is 13.2 Å². The van der Waals surface area contributed by atoms with Crippen molar-refractivity contribution in [1.29, 1.82) is 0 Å². The zero-order valence-electron chi connectivity index (χ0n) is 11.2. The van der Waals surface area contributed by atoms with Gasteiger partial charge in [-0.3, -0.25) is 0 Å². The summed E-state index contributed by atoms with van der Waals surface area (Å²) in [5, 5.41) is 8.75. The van der Waals surface area contributed by atoms with E-state index in [1.807, 2.05) is 0 Å². The summed E-state index contributed by atoms with van der Waals surface area (Å²) in [6.07, 6.45) is 2.25. The number of unbranched alkanes of at least 4 members (excludes halogenated alkanes) is 1. The average Bonchev–Trinajstić information content (AvgIpc) is 3.24. The zero-order chi connectivity index (χ0) is 15.6. The highest BCUT2D eigenvalue weighted by Crippen LogP contribution is 2.33. The minimum Gasteiger partial charge on any atom is -0.396 e. The van der Waals surface area contributed by atoms with Crippen molar-refractivity contribution in [3.8, 4) is 0 Å². The predicted octanol–water partition coefficient (Wildman–Crippen LogP) is 2.03. The fraction of sp³-hybridized carbons (Fsp3) is 0.538. The van der Waals surface area contributed by atoms with E-state index in [4.69, 9.17) is 5.11 Å². The fourth-order valence-corrected chi connectivity index (χ4v) is 3.81. The van der Waals surface area contributed by atoms with E-state index in [1.54, 1.807) is 0 Å². The van der Waals surface area contributed by atoms with E-state index in [1.165, 1.54) is 4.31 Å². The summed E-state index contributed by atoms with van der Waals surface area (Å²) in [4.78, 5) is -0.588. The molecule has 0 saturated heterocycles. The standard InChI is InChI=1S/C13H16F3NO3S/c14-11-7-10(8-12(15)13(11)16)21(19,20)17(9-3-4-9)5-1-2-6-18/h7-9,18H,1-6H2. The molecule has 1 aromatic rings. The van der Waals surface area contributed by atoms with Crippen molar-refractivity contribution >= 4 is 10.0 Å². The van der Waals surface area contributed by atoms with Gasteiger partial charge in [-0.25, -0.2) is 21.6 Å². The highest BCUT2D eigenvalue weighted by molar-refractivity contribution is 7.89. The molecule has 0 amide bonds. The largest absolute Gasteiger partial charge is 0.396 e. The second-order valence-corrected chi connectivity index (χ2v) is 6.87. The molecular weight excluding hydrogens is 307 g/mol. The molecule has 0 atom stereocenters. The Morgan fingerprint density at radius 2 is 1.71 bits per heavy atom. The maximum absolute atomic E-state index is 13.2. The number of halogens is 3. The molecule has 0 spiro atoms. The van der Waals surface area contributed by atoms with Gasteiger partial charge in [-0.05, 0) is 37.8 Å². The minimum atomic E-state index is -4.08. The van der Waals surface area contributed by atoms with Crippen LogP contribution in [0, 0.1) is 17.5 Å². The van der Waals surface area contributed by atoms with E-state index in [9.17, 15) is 21.6 Å². The van der Waals surface area contributed by atoms with Gasteiger partial charge in [0.15, 0.2) is 17.5 Å². The summed E-state index contributed by atoms with van der Waals surface area (Å²) in [5.74, 6) is -4.74. The first-order valence-electron chi connectivity index (χ1n) is 6.65. The molecule has 1 aromatic carbocycles. The van der Waals surface area contributed by atoms with Crippen molar-refractivity contribution in [2.75, 3.05) is 13.2 Å². The summed E-state index contributed by atoms with van der Waals surface area (Å²) in [7, 11) is -4.08. The van der Waals surface area contributed by atoms with Gasteiger partial charge in [0.2, 0.25) is 10.0 Å². The van der Waals surface area contributed by atoms with Gasteiger partial charge < -0.3 is 5.11 Å². The minimum absolute atomic E-state index is 0.0572. The van der Waals surface area contributed by atoms with Gasteiger partial charge >= 0.3 is 0 Å². The number of rotatable bonds is 7. The summed E-state index contributed by atoms with van der Waals surface area (Å²) in [5.41, 5.74) is 0. The first-order chi connectivity index (χ1) is 9.87. The number of benzene rings is 1. The average molecular weight is 323 g/mol.